The highest BCUT2D eigenvalue weighted by molar-refractivity contribution is 7.13. The molecule has 1 unspecified atom stereocenters. The van der Waals surface area contributed by atoms with Crippen LogP contribution in [-0.4, -0.2) is 29.5 Å². The Labute approximate surface area is 143 Å². The molecule has 1 aliphatic rings. The maximum atomic E-state index is 5.88. The molecule has 2 aromatic rings. The molecule has 1 atom stereocenters. The molecule has 0 aliphatic carbocycles. The molecule has 0 saturated carbocycles. The molecule has 1 aliphatic heterocycles. The first-order valence-corrected chi connectivity index (χ1v) is 8.40. The molecule has 1 fully saturated rings. The Hall–Kier alpha value is -0.940. The van der Waals surface area contributed by atoms with Crippen LogP contribution in [0.3, 0.4) is 0 Å². The highest BCUT2D eigenvalue weighted by atomic mass is 35.5. The summed E-state index contributed by atoms with van der Waals surface area (Å²) in [5.41, 5.74) is 9.84. The standard InChI is InChI=1S/C17H23N3S.ClH/c1-13-3-5-14(6-4-13)16-19-15(10-21-16)9-20-8-7-17(2,11-18)12-20;/h3-6,10H,7-9,11-12,18H2,1-2H3;1H. The number of halogens is 1. The van der Waals surface area contributed by atoms with E-state index in [0.29, 0.717) is 0 Å². The van der Waals surface area contributed by atoms with Gasteiger partial charge in [-0.3, -0.25) is 4.90 Å². The Morgan fingerprint density at radius 2 is 2.05 bits per heavy atom. The second-order valence-electron chi connectivity index (χ2n) is 6.49. The predicted molar refractivity (Wildman–Crippen MR) is 96.6 cm³/mol. The van der Waals surface area contributed by atoms with Crippen molar-refractivity contribution in [3.63, 3.8) is 0 Å². The molecule has 0 amide bonds. The molecule has 22 heavy (non-hydrogen) atoms. The number of aryl methyl sites for hydroxylation is 1. The number of likely N-dealkylation sites (tertiary alicyclic amines) is 1. The van der Waals surface area contributed by atoms with Gasteiger partial charge in [-0.15, -0.1) is 23.7 Å². The van der Waals surface area contributed by atoms with Crippen molar-refractivity contribution in [1.29, 1.82) is 0 Å². The summed E-state index contributed by atoms with van der Waals surface area (Å²) in [6, 6.07) is 8.59. The van der Waals surface area contributed by atoms with E-state index >= 15 is 0 Å². The minimum atomic E-state index is 0. The number of aromatic nitrogens is 1. The summed E-state index contributed by atoms with van der Waals surface area (Å²) in [5, 5.41) is 3.30. The molecule has 5 heteroatoms. The number of hydrogen-bond acceptors (Lipinski definition) is 4. The van der Waals surface area contributed by atoms with E-state index in [2.05, 4.69) is 48.4 Å². The molecule has 120 valence electrons. The summed E-state index contributed by atoms with van der Waals surface area (Å²) in [6.45, 7) is 8.32. The molecule has 0 radical (unpaired) electrons. The Kier molecular flexibility index (Phi) is 5.61. The van der Waals surface area contributed by atoms with E-state index in [9.17, 15) is 0 Å². The van der Waals surface area contributed by atoms with Gasteiger partial charge in [0.25, 0.3) is 0 Å². The van der Waals surface area contributed by atoms with Gasteiger partial charge in [-0.05, 0) is 31.8 Å². The summed E-state index contributed by atoms with van der Waals surface area (Å²) in [6.07, 6.45) is 1.19. The first-order valence-electron chi connectivity index (χ1n) is 7.52. The first kappa shape index (κ1) is 17.4. The second-order valence-corrected chi connectivity index (χ2v) is 7.34. The van der Waals surface area contributed by atoms with Gasteiger partial charge in [-0.2, -0.15) is 0 Å². The summed E-state index contributed by atoms with van der Waals surface area (Å²) in [4.78, 5) is 7.27. The lowest BCUT2D eigenvalue weighted by Gasteiger charge is -2.22. The maximum absolute atomic E-state index is 5.88. The number of nitrogens with two attached hydrogens (primary N) is 1. The van der Waals surface area contributed by atoms with Gasteiger partial charge in [0.2, 0.25) is 0 Å². The SMILES string of the molecule is Cc1ccc(-c2nc(CN3CCC(C)(CN)C3)cs2)cc1.Cl. The lowest BCUT2D eigenvalue weighted by molar-refractivity contribution is 0.272. The zero-order valence-corrected chi connectivity index (χ0v) is 14.8. The second kappa shape index (κ2) is 7.09. The minimum Gasteiger partial charge on any atom is -0.330 e. The van der Waals surface area contributed by atoms with Crippen LogP contribution in [0.15, 0.2) is 29.6 Å². The van der Waals surface area contributed by atoms with Crippen LogP contribution >= 0.6 is 23.7 Å². The fourth-order valence-electron chi connectivity index (χ4n) is 2.86. The van der Waals surface area contributed by atoms with Crippen molar-refractivity contribution in [3.8, 4) is 10.6 Å². The van der Waals surface area contributed by atoms with Crippen LogP contribution in [-0.2, 0) is 6.54 Å². The van der Waals surface area contributed by atoms with Crippen molar-refractivity contribution in [2.24, 2.45) is 11.1 Å². The molecule has 3 rings (SSSR count). The van der Waals surface area contributed by atoms with E-state index in [4.69, 9.17) is 10.7 Å². The quantitative estimate of drug-likeness (QED) is 0.924. The molecule has 2 heterocycles. The fourth-order valence-corrected chi connectivity index (χ4v) is 3.68. The molecule has 3 nitrogen and oxygen atoms in total. The average molecular weight is 338 g/mol. The number of benzene rings is 1. The number of hydrogen-bond donors (Lipinski definition) is 1. The van der Waals surface area contributed by atoms with Gasteiger partial charge in [0, 0.05) is 24.0 Å². The van der Waals surface area contributed by atoms with Crippen molar-refractivity contribution in [2.75, 3.05) is 19.6 Å². The van der Waals surface area contributed by atoms with Crippen LogP contribution < -0.4 is 5.73 Å². The van der Waals surface area contributed by atoms with E-state index in [0.717, 1.165) is 31.2 Å². The van der Waals surface area contributed by atoms with E-state index in [-0.39, 0.29) is 17.8 Å². The highest BCUT2D eigenvalue weighted by Gasteiger charge is 2.32. The van der Waals surface area contributed by atoms with Gasteiger partial charge in [0.05, 0.1) is 5.69 Å². The topological polar surface area (TPSA) is 42.2 Å². The third-order valence-electron chi connectivity index (χ3n) is 4.37. The van der Waals surface area contributed by atoms with Gasteiger partial charge in [0.1, 0.15) is 5.01 Å². The van der Waals surface area contributed by atoms with Crippen molar-refractivity contribution in [3.05, 3.63) is 40.9 Å². The van der Waals surface area contributed by atoms with Crippen LogP contribution in [0.25, 0.3) is 10.6 Å². The van der Waals surface area contributed by atoms with Crippen LogP contribution in [0, 0.1) is 12.3 Å². The maximum Gasteiger partial charge on any atom is 0.123 e. The normalized spacial score (nSPS) is 21.8. The Morgan fingerprint density at radius 3 is 2.68 bits per heavy atom. The van der Waals surface area contributed by atoms with Gasteiger partial charge < -0.3 is 5.73 Å². The zero-order chi connectivity index (χ0) is 14.9. The molecule has 0 spiro atoms. The third-order valence-corrected chi connectivity index (χ3v) is 5.31. The average Bonchev–Trinajstić information content (AvgIpc) is 3.08. The van der Waals surface area contributed by atoms with E-state index in [1.807, 2.05) is 0 Å². The summed E-state index contributed by atoms with van der Waals surface area (Å²) in [7, 11) is 0. The predicted octanol–water partition coefficient (Wildman–Crippen LogP) is 3.71. The number of thiazole rings is 1. The van der Waals surface area contributed by atoms with Crippen molar-refractivity contribution in [1.82, 2.24) is 9.88 Å². The molecule has 1 aromatic carbocycles. The van der Waals surface area contributed by atoms with Gasteiger partial charge in [0.15, 0.2) is 0 Å². The summed E-state index contributed by atoms with van der Waals surface area (Å²) >= 11 is 1.74. The minimum absolute atomic E-state index is 0. The van der Waals surface area contributed by atoms with Crippen LogP contribution in [0.4, 0.5) is 0 Å². The molecular weight excluding hydrogens is 314 g/mol. The number of nitrogens with zero attached hydrogens (tertiary/aromatic N) is 2. The van der Waals surface area contributed by atoms with Gasteiger partial charge in [-0.1, -0.05) is 36.8 Å². The van der Waals surface area contributed by atoms with Crippen LogP contribution in [0.5, 0.6) is 0 Å². The van der Waals surface area contributed by atoms with Crippen molar-refractivity contribution >= 4 is 23.7 Å². The van der Waals surface area contributed by atoms with Gasteiger partial charge in [-0.25, -0.2) is 4.98 Å². The fraction of sp³-hybridized carbons (Fsp3) is 0.471. The zero-order valence-electron chi connectivity index (χ0n) is 13.2. The van der Waals surface area contributed by atoms with E-state index < -0.39 is 0 Å². The van der Waals surface area contributed by atoms with E-state index in [1.165, 1.54) is 23.2 Å². The lowest BCUT2D eigenvalue weighted by atomic mass is 9.90. The summed E-state index contributed by atoms with van der Waals surface area (Å²) in [5.74, 6) is 0. The third kappa shape index (κ3) is 3.87. The van der Waals surface area contributed by atoms with Gasteiger partial charge >= 0.3 is 0 Å². The Balaban J connectivity index is 0.00000176. The molecular formula is C17H24ClN3S. The smallest absolute Gasteiger partial charge is 0.123 e. The van der Waals surface area contributed by atoms with Crippen molar-refractivity contribution < 1.29 is 0 Å². The lowest BCUT2D eigenvalue weighted by Crippen LogP contribution is -2.31. The molecule has 0 bridgehead atoms. The van der Waals surface area contributed by atoms with Crippen molar-refractivity contribution in [2.45, 2.75) is 26.8 Å². The van der Waals surface area contributed by atoms with Crippen LogP contribution in [0.2, 0.25) is 0 Å². The highest BCUT2D eigenvalue weighted by Crippen LogP contribution is 2.30. The van der Waals surface area contributed by atoms with Crippen LogP contribution in [0.1, 0.15) is 24.6 Å². The largest absolute Gasteiger partial charge is 0.330 e. The summed E-state index contributed by atoms with van der Waals surface area (Å²) < 4.78 is 0. The Bertz CT molecular complexity index is 611. The first-order chi connectivity index (χ1) is 10.1. The Morgan fingerprint density at radius 1 is 1.32 bits per heavy atom. The molecule has 2 N–H and O–H groups in total. The van der Waals surface area contributed by atoms with E-state index in [1.54, 1.807) is 11.3 Å². The molecule has 1 aromatic heterocycles. The monoisotopic (exact) mass is 337 g/mol. The number of rotatable bonds is 4. The molecule has 1 saturated heterocycles.